The third kappa shape index (κ3) is 4.34. The minimum absolute atomic E-state index is 0. The van der Waals surface area contributed by atoms with Crippen molar-refractivity contribution in [3.05, 3.63) is 71.3 Å². The van der Waals surface area contributed by atoms with E-state index >= 15 is 0 Å². The minimum Gasteiger partial charge on any atom is -0.372 e. The number of hydrogen-bond donors (Lipinski definition) is 0. The topological polar surface area (TPSA) is 15.6 Å². The van der Waals surface area contributed by atoms with E-state index in [2.05, 4.69) is 16.0 Å². The summed E-state index contributed by atoms with van der Waals surface area (Å²) in [5.74, 6) is -1.68. The maximum atomic E-state index is 13.3. The number of nitrogens with zero attached hydrogens (tertiary/aromatic N) is 2. The van der Waals surface area contributed by atoms with Crippen LogP contribution in [0.2, 0.25) is 0 Å². The molecule has 6 heteroatoms. The standard InChI is InChI=1S/C18H16F2N2.2ClH/c1-22-11-10-21-17(14-4-2-3-5-18(14)22)9-7-13-6-8-15(19)16(20)12-13;;/h2-9,12H,10-11H2,1H3;2*1H/b9-7+;;. The first-order valence-electron chi connectivity index (χ1n) is 7.13. The second kappa shape index (κ2) is 8.81. The van der Waals surface area contributed by atoms with Crippen LogP contribution < -0.4 is 4.90 Å². The van der Waals surface area contributed by atoms with Gasteiger partial charge in [-0.1, -0.05) is 30.3 Å². The van der Waals surface area contributed by atoms with E-state index in [1.165, 1.54) is 6.07 Å². The van der Waals surface area contributed by atoms with Crippen LogP contribution in [-0.4, -0.2) is 25.8 Å². The highest BCUT2D eigenvalue weighted by Crippen LogP contribution is 2.23. The lowest BCUT2D eigenvalue weighted by Gasteiger charge is -2.18. The number of rotatable bonds is 2. The molecule has 0 radical (unpaired) electrons. The number of allylic oxidation sites excluding steroid dienone is 1. The van der Waals surface area contributed by atoms with Crippen LogP contribution in [0.5, 0.6) is 0 Å². The van der Waals surface area contributed by atoms with E-state index in [1.807, 2.05) is 31.3 Å². The van der Waals surface area contributed by atoms with Crippen molar-refractivity contribution >= 4 is 42.3 Å². The molecule has 0 saturated carbocycles. The summed E-state index contributed by atoms with van der Waals surface area (Å²) in [6.07, 6.45) is 3.61. The Morgan fingerprint density at radius 1 is 1.00 bits per heavy atom. The number of hydrogen-bond acceptors (Lipinski definition) is 2. The van der Waals surface area contributed by atoms with Gasteiger partial charge in [0.25, 0.3) is 0 Å². The smallest absolute Gasteiger partial charge is 0.159 e. The van der Waals surface area contributed by atoms with E-state index < -0.39 is 11.6 Å². The summed E-state index contributed by atoms with van der Waals surface area (Å²) < 4.78 is 26.2. The van der Waals surface area contributed by atoms with Gasteiger partial charge in [0.05, 0.1) is 12.3 Å². The minimum atomic E-state index is -0.843. The molecule has 0 bridgehead atoms. The monoisotopic (exact) mass is 370 g/mol. The molecular weight excluding hydrogens is 353 g/mol. The molecule has 1 aliphatic rings. The lowest BCUT2D eigenvalue weighted by molar-refractivity contribution is 0.508. The third-order valence-corrected chi connectivity index (χ3v) is 3.69. The molecule has 0 atom stereocenters. The zero-order valence-electron chi connectivity index (χ0n) is 13.1. The Hall–Kier alpha value is -1.91. The Kier molecular flexibility index (Phi) is 7.39. The van der Waals surface area contributed by atoms with Crippen molar-refractivity contribution in [1.29, 1.82) is 0 Å². The average Bonchev–Trinajstić information content (AvgIpc) is 2.68. The van der Waals surface area contributed by atoms with Crippen LogP contribution in [-0.2, 0) is 0 Å². The van der Waals surface area contributed by atoms with Gasteiger partial charge in [-0.05, 0) is 29.8 Å². The van der Waals surface area contributed by atoms with Gasteiger partial charge in [-0.3, -0.25) is 4.99 Å². The van der Waals surface area contributed by atoms with E-state index in [1.54, 1.807) is 12.1 Å². The zero-order chi connectivity index (χ0) is 15.5. The average molecular weight is 371 g/mol. The lowest BCUT2D eigenvalue weighted by Crippen LogP contribution is -2.20. The molecule has 1 aliphatic heterocycles. The lowest BCUT2D eigenvalue weighted by atomic mass is 10.1. The number of aliphatic imine (C=N–C) groups is 1. The maximum absolute atomic E-state index is 13.3. The molecule has 128 valence electrons. The first-order valence-corrected chi connectivity index (χ1v) is 7.13. The fraction of sp³-hybridized carbons (Fsp3) is 0.167. The molecule has 0 unspecified atom stereocenters. The Morgan fingerprint density at radius 3 is 2.50 bits per heavy atom. The van der Waals surface area contributed by atoms with Crippen LogP contribution in [0.3, 0.4) is 0 Å². The number of likely N-dealkylation sites (N-methyl/N-ethyl adjacent to an activating group) is 1. The largest absolute Gasteiger partial charge is 0.372 e. The molecule has 0 fully saturated rings. The van der Waals surface area contributed by atoms with Gasteiger partial charge in [-0.15, -0.1) is 24.8 Å². The maximum Gasteiger partial charge on any atom is 0.159 e. The Bertz CT molecular complexity index is 760. The van der Waals surface area contributed by atoms with Crippen molar-refractivity contribution in [2.75, 3.05) is 25.0 Å². The molecule has 2 aromatic rings. The summed E-state index contributed by atoms with van der Waals surface area (Å²) in [5.41, 5.74) is 3.62. The van der Waals surface area contributed by atoms with Crippen LogP contribution >= 0.6 is 24.8 Å². The molecule has 2 aromatic carbocycles. The SMILES string of the molecule is CN1CCN=C(/C=C/c2ccc(F)c(F)c2)c2ccccc21.Cl.Cl. The number of para-hydroxylation sites is 1. The van der Waals surface area contributed by atoms with Crippen molar-refractivity contribution in [3.8, 4) is 0 Å². The molecule has 0 saturated heterocycles. The highest BCUT2D eigenvalue weighted by atomic mass is 35.5. The van der Waals surface area contributed by atoms with E-state index in [0.717, 1.165) is 29.6 Å². The molecule has 0 aliphatic carbocycles. The van der Waals surface area contributed by atoms with Crippen LogP contribution in [0.15, 0.2) is 53.5 Å². The Labute approximate surface area is 152 Å². The molecule has 1 heterocycles. The normalized spacial score (nSPS) is 13.5. The van der Waals surface area contributed by atoms with Gasteiger partial charge in [-0.2, -0.15) is 0 Å². The summed E-state index contributed by atoms with van der Waals surface area (Å²) >= 11 is 0. The quantitative estimate of drug-likeness (QED) is 0.743. The van der Waals surface area contributed by atoms with Crippen molar-refractivity contribution < 1.29 is 8.78 Å². The molecule has 24 heavy (non-hydrogen) atoms. The third-order valence-electron chi connectivity index (χ3n) is 3.69. The predicted molar refractivity (Wildman–Crippen MR) is 101 cm³/mol. The van der Waals surface area contributed by atoms with Crippen LogP contribution in [0, 0.1) is 11.6 Å². The zero-order valence-corrected chi connectivity index (χ0v) is 14.7. The fourth-order valence-corrected chi connectivity index (χ4v) is 2.48. The van der Waals surface area contributed by atoms with Gasteiger partial charge in [0, 0.05) is 24.8 Å². The Morgan fingerprint density at radius 2 is 1.75 bits per heavy atom. The number of anilines is 1. The number of benzodiazepines with no additional fused rings is 1. The molecule has 0 aromatic heterocycles. The van der Waals surface area contributed by atoms with Crippen molar-refractivity contribution in [2.24, 2.45) is 4.99 Å². The van der Waals surface area contributed by atoms with E-state index in [-0.39, 0.29) is 24.8 Å². The number of halogens is 4. The van der Waals surface area contributed by atoms with Crippen molar-refractivity contribution in [2.45, 2.75) is 0 Å². The summed E-state index contributed by atoms with van der Waals surface area (Å²) in [6, 6.07) is 11.9. The highest BCUT2D eigenvalue weighted by molar-refractivity contribution is 6.14. The van der Waals surface area contributed by atoms with E-state index in [9.17, 15) is 8.78 Å². The number of benzene rings is 2. The summed E-state index contributed by atoms with van der Waals surface area (Å²) in [5, 5.41) is 0. The van der Waals surface area contributed by atoms with Gasteiger partial charge in [0.15, 0.2) is 11.6 Å². The molecule has 0 spiro atoms. The second-order valence-electron chi connectivity index (χ2n) is 5.21. The molecule has 3 rings (SSSR count). The van der Waals surface area contributed by atoms with Crippen molar-refractivity contribution in [1.82, 2.24) is 0 Å². The summed E-state index contributed by atoms with van der Waals surface area (Å²) in [4.78, 5) is 6.75. The van der Waals surface area contributed by atoms with E-state index in [4.69, 9.17) is 0 Å². The predicted octanol–water partition coefficient (Wildman–Crippen LogP) is 4.76. The van der Waals surface area contributed by atoms with Crippen LogP contribution in [0.25, 0.3) is 6.08 Å². The first-order chi connectivity index (χ1) is 10.6. The summed E-state index contributed by atoms with van der Waals surface area (Å²) in [7, 11) is 2.04. The van der Waals surface area contributed by atoms with Crippen molar-refractivity contribution in [3.63, 3.8) is 0 Å². The Balaban J connectivity index is 0.00000144. The molecule has 0 amide bonds. The van der Waals surface area contributed by atoms with Gasteiger partial charge in [-0.25, -0.2) is 8.78 Å². The van der Waals surface area contributed by atoms with E-state index in [0.29, 0.717) is 12.1 Å². The molecule has 0 N–H and O–H groups in total. The van der Waals surface area contributed by atoms with Gasteiger partial charge >= 0.3 is 0 Å². The van der Waals surface area contributed by atoms with Crippen LogP contribution in [0.1, 0.15) is 11.1 Å². The number of fused-ring (bicyclic) bond motifs is 1. The van der Waals surface area contributed by atoms with Gasteiger partial charge in [0.1, 0.15) is 0 Å². The second-order valence-corrected chi connectivity index (χ2v) is 5.21. The first kappa shape index (κ1) is 20.1. The summed E-state index contributed by atoms with van der Waals surface area (Å²) in [6.45, 7) is 1.54. The highest BCUT2D eigenvalue weighted by Gasteiger charge is 2.13. The molecule has 2 nitrogen and oxygen atoms in total. The van der Waals surface area contributed by atoms with Gasteiger partial charge in [0.2, 0.25) is 0 Å². The van der Waals surface area contributed by atoms with Gasteiger partial charge < -0.3 is 4.90 Å². The fourth-order valence-electron chi connectivity index (χ4n) is 2.48. The van der Waals surface area contributed by atoms with Crippen LogP contribution in [0.4, 0.5) is 14.5 Å². The molecular formula is C18H18Cl2F2N2.